The van der Waals surface area contributed by atoms with Crippen LogP contribution in [0.25, 0.3) is 6.08 Å². The number of hydrogen-bond donors (Lipinski definition) is 1. The van der Waals surface area contributed by atoms with Crippen molar-refractivity contribution in [3.63, 3.8) is 0 Å². The second-order valence-electron chi connectivity index (χ2n) is 6.36. The molecule has 0 aliphatic carbocycles. The highest BCUT2D eigenvalue weighted by Crippen LogP contribution is 2.28. The number of carbonyl (C=O) groups is 1. The quantitative estimate of drug-likeness (QED) is 0.707. The van der Waals surface area contributed by atoms with Crippen LogP contribution in [0.2, 0.25) is 0 Å². The maximum atomic E-state index is 12.1. The summed E-state index contributed by atoms with van der Waals surface area (Å²) in [7, 11) is 1.61. The Morgan fingerprint density at radius 3 is 3.04 bits per heavy atom. The Hall–Kier alpha value is -2.31. The van der Waals surface area contributed by atoms with E-state index < -0.39 is 0 Å². The number of nitrogens with zero attached hydrogens (tertiary/aromatic N) is 1. The summed E-state index contributed by atoms with van der Waals surface area (Å²) in [6, 6.07) is 7.83. The molecule has 5 nitrogen and oxygen atoms in total. The van der Waals surface area contributed by atoms with Crippen molar-refractivity contribution in [2.75, 3.05) is 33.4 Å². The minimum Gasteiger partial charge on any atom is -0.493 e. The van der Waals surface area contributed by atoms with Crippen LogP contribution in [0.1, 0.15) is 22.9 Å². The Balaban J connectivity index is 1.45. The molecular formula is C21H26N2O3S. The Bertz CT molecular complexity index is 800. The zero-order chi connectivity index (χ0) is 19.1. The zero-order valence-electron chi connectivity index (χ0n) is 15.9. The number of hydrogen-bond acceptors (Lipinski definition) is 5. The number of nitrogens with one attached hydrogen (secondary N) is 1. The highest BCUT2D eigenvalue weighted by Gasteiger charge is 2.16. The summed E-state index contributed by atoms with van der Waals surface area (Å²) in [5.41, 5.74) is 2.33. The van der Waals surface area contributed by atoms with E-state index in [0.29, 0.717) is 24.7 Å². The number of methoxy groups -OCH3 is 1. The molecule has 1 aromatic heterocycles. The summed E-state index contributed by atoms with van der Waals surface area (Å²) in [5.74, 6) is 1.28. The highest BCUT2D eigenvalue weighted by molar-refractivity contribution is 7.10. The van der Waals surface area contributed by atoms with Crippen LogP contribution in [0.4, 0.5) is 0 Å². The normalized spacial score (nSPS) is 14.1. The lowest BCUT2D eigenvalue weighted by atomic mass is 10.1. The number of ether oxygens (including phenoxy) is 2. The van der Waals surface area contributed by atoms with Crippen LogP contribution in [0.3, 0.4) is 0 Å². The molecule has 0 spiro atoms. The minimum atomic E-state index is -0.0870. The van der Waals surface area contributed by atoms with Gasteiger partial charge < -0.3 is 14.8 Å². The van der Waals surface area contributed by atoms with Crippen molar-refractivity contribution in [1.29, 1.82) is 0 Å². The molecule has 1 aromatic carbocycles. The molecule has 1 N–H and O–H groups in total. The van der Waals surface area contributed by atoms with E-state index in [9.17, 15) is 4.79 Å². The van der Waals surface area contributed by atoms with Crippen molar-refractivity contribution in [2.24, 2.45) is 0 Å². The molecule has 6 heteroatoms. The largest absolute Gasteiger partial charge is 0.493 e. The second-order valence-corrected chi connectivity index (χ2v) is 7.36. The Morgan fingerprint density at radius 1 is 1.33 bits per heavy atom. The predicted octanol–water partition coefficient (Wildman–Crippen LogP) is 3.34. The summed E-state index contributed by atoms with van der Waals surface area (Å²) < 4.78 is 10.8. The third-order valence-electron chi connectivity index (χ3n) is 4.53. The second kappa shape index (κ2) is 9.58. The third-order valence-corrected chi connectivity index (χ3v) is 5.55. The van der Waals surface area contributed by atoms with Crippen molar-refractivity contribution in [2.45, 2.75) is 19.9 Å². The molecule has 0 unspecified atom stereocenters. The van der Waals surface area contributed by atoms with Crippen LogP contribution in [0.5, 0.6) is 11.5 Å². The van der Waals surface area contributed by atoms with Crippen molar-refractivity contribution in [1.82, 2.24) is 10.2 Å². The summed E-state index contributed by atoms with van der Waals surface area (Å²) in [5, 5.41) is 5.12. The van der Waals surface area contributed by atoms with Gasteiger partial charge in [-0.1, -0.05) is 6.07 Å². The fourth-order valence-corrected chi connectivity index (χ4v) is 4.02. The number of thiophene rings is 1. The van der Waals surface area contributed by atoms with E-state index in [2.05, 4.69) is 21.7 Å². The van der Waals surface area contributed by atoms with Gasteiger partial charge >= 0.3 is 0 Å². The monoisotopic (exact) mass is 386 g/mol. The van der Waals surface area contributed by atoms with Crippen LogP contribution in [-0.4, -0.2) is 44.2 Å². The predicted molar refractivity (Wildman–Crippen MR) is 110 cm³/mol. The zero-order valence-corrected chi connectivity index (χ0v) is 16.7. The SMILES string of the molecule is CCOc1ccc(/C=C/C(=O)NCCN2CCc3sccc3C2)cc1OC. The van der Waals surface area contributed by atoms with Crippen LogP contribution in [-0.2, 0) is 17.8 Å². The molecule has 1 aliphatic rings. The van der Waals surface area contributed by atoms with Gasteiger partial charge in [-0.25, -0.2) is 0 Å². The van der Waals surface area contributed by atoms with Gasteiger partial charge in [0.1, 0.15) is 0 Å². The van der Waals surface area contributed by atoms with Gasteiger partial charge in [0.2, 0.25) is 5.91 Å². The van der Waals surface area contributed by atoms with E-state index in [4.69, 9.17) is 9.47 Å². The molecule has 0 saturated heterocycles. The lowest BCUT2D eigenvalue weighted by Gasteiger charge is -2.26. The van der Waals surface area contributed by atoms with Crippen LogP contribution < -0.4 is 14.8 Å². The smallest absolute Gasteiger partial charge is 0.244 e. The van der Waals surface area contributed by atoms with Gasteiger partial charge in [0.15, 0.2) is 11.5 Å². The van der Waals surface area contributed by atoms with Gasteiger partial charge in [0, 0.05) is 37.1 Å². The Morgan fingerprint density at radius 2 is 2.22 bits per heavy atom. The van der Waals surface area contributed by atoms with Gasteiger partial charge in [-0.2, -0.15) is 0 Å². The van der Waals surface area contributed by atoms with Crippen molar-refractivity contribution >= 4 is 23.3 Å². The number of fused-ring (bicyclic) bond motifs is 1. The molecule has 27 heavy (non-hydrogen) atoms. The topological polar surface area (TPSA) is 50.8 Å². The lowest BCUT2D eigenvalue weighted by Crippen LogP contribution is -2.37. The minimum absolute atomic E-state index is 0.0870. The van der Waals surface area contributed by atoms with Gasteiger partial charge in [-0.15, -0.1) is 11.3 Å². The van der Waals surface area contributed by atoms with E-state index in [1.807, 2.05) is 36.5 Å². The lowest BCUT2D eigenvalue weighted by molar-refractivity contribution is -0.116. The number of carbonyl (C=O) groups excluding carboxylic acids is 1. The highest BCUT2D eigenvalue weighted by atomic mass is 32.1. The van der Waals surface area contributed by atoms with E-state index >= 15 is 0 Å². The molecule has 0 atom stereocenters. The van der Waals surface area contributed by atoms with Crippen molar-refractivity contribution in [3.05, 3.63) is 51.7 Å². The fourth-order valence-electron chi connectivity index (χ4n) is 3.13. The van der Waals surface area contributed by atoms with Gasteiger partial charge in [0.05, 0.1) is 13.7 Å². The van der Waals surface area contributed by atoms with Gasteiger partial charge in [0.25, 0.3) is 0 Å². The Labute approximate surface area is 164 Å². The van der Waals surface area contributed by atoms with Crippen LogP contribution in [0.15, 0.2) is 35.7 Å². The standard InChI is InChI=1S/C21H26N2O3S/c1-3-26-18-6-4-16(14-19(18)25-2)5-7-21(24)22-10-12-23-11-8-20-17(15-23)9-13-27-20/h4-7,9,13-14H,3,8,10-12,15H2,1-2H3,(H,22,24)/b7-5+. The average molecular weight is 387 g/mol. The van der Waals surface area contributed by atoms with E-state index in [1.54, 1.807) is 19.3 Å². The van der Waals surface area contributed by atoms with E-state index in [1.165, 1.54) is 10.4 Å². The first-order chi connectivity index (χ1) is 13.2. The first kappa shape index (κ1) is 19.5. The third kappa shape index (κ3) is 5.34. The fraction of sp³-hybridized carbons (Fsp3) is 0.381. The maximum Gasteiger partial charge on any atom is 0.244 e. The number of amides is 1. The van der Waals surface area contributed by atoms with Crippen molar-refractivity contribution in [3.8, 4) is 11.5 Å². The molecule has 0 saturated carbocycles. The van der Waals surface area contributed by atoms with Crippen LogP contribution in [0, 0.1) is 0 Å². The molecular weight excluding hydrogens is 360 g/mol. The molecule has 0 bridgehead atoms. The van der Waals surface area contributed by atoms with Crippen molar-refractivity contribution < 1.29 is 14.3 Å². The summed E-state index contributed by atoms with van der Waals surface area (Å²) >= 11 is 1.84. The van der Waals surface area contributed by atoms with Gasteiger partial charge in [-0.3, -0.25) is 9.69 Å². The molecule has 2 aromatic rings. The maximum absolute atomic E-state index is 12.1. The summed E-state index contributed by atoms with van der Waals surface area (Å²) in [4.78, 5) is 16.0. The first-order valence-corrected chi connectivity index (χ1v) is 10.1. The Kier molecular flexibility index (Phi) is 6.90. The molecule has 1 amide bonds. The number of benzene rings is 1. The number of rotatable bonds is 8. The molecule has 0 radical (unpaired) electrons. The summed E-state index contributed by atoms with van der Waals surface area (Å²) in [6.45, 7) is 6.07. The van der Waals surface area contributed by atoms with Crippen LogP contribution >= 0.6 is 11.3 Å². The van der Waals surface area contributed by atoms with E-state index in [0.717, 1.165) is 31.6 Å². The molecule has 3 rings (SSSR count). The molecule has 0 fully saturated rings. The van der Waals surface area contributed by atoms with Gasteiger partial charge in [-0.05, 0) is 54.1 Å². The van der Waals surface area contributed by atoms with E-state index in [-0.39, 0.29) is 5.91 Å². The molecule has 144 valence electrons. The average Bonchev–Trinajstić information content (AvgIpc) is 3.15. The first-order valence-electron chi connectivity index (χ1n) is 9.24. The summed E-state index contributed by atoms with van der Waals surface area (Å²) in [6.07, 6.45) is 4.45. The molecule has 1 aliphatic heterocycles. The molecule has 2 heterocycles.